The number of hydrogen-bond acceptors (Lipinski definition) is 2. The molecule has 44 heavy (non-hydrogen) atoms. The Hall–Kier alpha value is -2.71. The summed E-state index contributed by atoms with van der Waals surface area (Å²) in [7, 11) is 0. The van der Waals surface area contributed by atoms with Gasteiger partial charge in [0.25, 0.3) is 0 Å². The Bertz CT molecular complexity index is 1390. The molecular weight excluding hydrogens is 536 g/mol. The molecule has 1 fully saturated rings. The summed E-state index contributed by atoms with van der Waals surface area (Å²) < 4.78 is 0. The first-order valence-electron chi connectivity index (χ1n) is 17.6. The number of hydrogen-bond donors (Lipinski definition) is 1. The molecule has 0 amide bonds. The number of fused-ring (bicyclic) bond motifs is 1. The van der Waals surface area contributed by atoms with E-state index in [1.807, 2.05) is 0 Å². The van der Waals surface area contributed by atoms with Crippen molar-refractivity contribution in [2.75, 3.05) is 0 Å². The molecule has 0 radical (unpaired) electrons. The quantitative estimate of drug-likeness (QED) is 0.282. The van der Waals surface area contributed by atoms with Crippen LogP contribution in [0.2, 0.25) is 0 Å². The number of carbonyl (C=O) groups is 1. The highest BCUT2D eigenvalue weighted by molar-refractivity contribution is 5.83. The Balaban J connectivity index is 1.18. The smallest absolute Gasteiger partial charge is 0.140 e. The zero-order valence-corrected chi connectivity index (χ0v) is 28.2. The van der Waals surface area contributed by atoms with Crippen molar-refractivity contribution in [2.24, 2.45) is 11.3 Å². The first-order chi connectivity index (χ1) is 21.2. The lowest BCUT2D eigenvalue weighted by atomic mass is 9.66. The molecule has 2 nitrogen and oxygen atoms in total. The average molecular weight is 593 g/mol. The molecule has 1 saturated carbocycles. The largest absolute Gasteiger partial charge is 0.393 e. The van der Waals surface area contributed by atoms with Gasteiger partial charge in [0.2, 0.25) is 0 Å². The third-order valence-electron chi connectivity index (χ3n) is 11.2. The van der Waals surface area contributed by atoms with Crippen LogP contribution in [0, 0.1) is 25.2 Å². The second kappa shape index (κ2) is 14.6. The lowest BCUT2D eigenvalue weighted by molar-refractivity contribution is -0.123. The number of aliphatic hydroxyl groups excluding tert-OH is 1. The molecule has 0 spiro atoms. The highest BCUT2D eigenvalue weighted by atomic mass is 16.3. The number of allylic oxidation sites excluding steroid dienone is 6. The molecule has 236 valence electrons. The summed E-state index contributed by atoms with van der Waals surface area (Å²) in [4.78, 5) is 13.6. The number of carbonyl (C=O) groups excluding carboxylic acids is 1. The fourth-order valence-electron chi connectivity index (χ4n) is 8.45. The number of benzene rings is 2. The van der Waals surface area contributed by atoms with Gasteiger partial charge >= 0.3 is 0 Å². The van der Waals surface area contributed by atoms with E-state index in [0.29, 0.717) is 18.1 Å². The molecule has 2 aromatic carbocycles. The van der Waals surface area contributed by atoms with Gasteiger partial charge in [-0.25, -0.2) is 0 Å². The lowest BCUT2D eigenvalue weighted by Gasteiger charge is -2.38. The van der Waals surface area contributed by atoms with Crippen molar-refractivity contribution in [2.45, 2.75) is 137 Å². The zero-order valence-electron chi connectivity index (χ0n) is 28.2. The molecule has 3 aliphatic carbocycles. The Morgan fingerprint density at radius 3 is 2.45 bits per heavy atom. The van der Waals surface area contributed by atoms with Crippen LogP contribution in [0.1, 0.15) is 130 Å². The second-order valence-electron chi connectivity index (χ2n) is 14.7. The minimum Gasteiger partial charge on any atom is -0.393 e. The predicted molar refractivity (Wildman–Crippen MR) is 185 cm³/mol. The van der Waals surface area contributed by atoms with Gasteiger partial charge in [-0.05, 0) is 166 Å². The Morgan fingerprint density at radius 1 is 1.05 bits per heavy atom. The first-order valence-corrected chi connectivity index (χ1v) is 17.6. The highest BCUT2D eigenvalue weighted by Crippen LogP contribution is 2.45. The van der Waals surface area contributed by atoms with Crippen LogP contribution in [-0.2, 0) is 30.5 Å². The van der Waals surface area contributed by atoms with Crippen LogP contribution in [0.25, 0.3) is 0 Å². The standard InChI is InChI=1S/C42H56O2/c1-6-31-22-29(3)39(30(4)23-31)27-38(43)26-37-15-11-14-35-17-16-32(24-40(35)37)25-41(44)36-18-20-42(5,21-19-36)28-33(7-2)34-12-9-8-10-13-34/h7-9,12,16-17,22-24,36-38,43H,6,10-11,13-15,18-21,25-28H2,1-5H3. The monoisotopic (exact) mass is 592 g/mol. The summed E-state index contributed by atoms with van der Waals surface area (Å²) in [6.45, 7) is 11.2. The Kier molecular flexibility index (Phi) is 10.8. The zero-order chi connectivity index (χ0) is 31.3. The van der Waals surface area contributed by atoms with Crippen LogP contribution < -0.4 is 0 Å². The molecule has 1 N–H and O–H groups in total. The van der Waals surface area contributed by atoms with E-state index in [1.54, 1.807) is 0 Å². The number of aryl methyl sites for hydroxylation is 4. The van der Waals surface area contributed by atoms with Gasteiger partial charge < -0.3 is 5.11 Å². The summed E-state index contributed by atoms with van der Waals surface area (Å²) in [5.41, 5.74) is 12.5. The van der Waals surface area contributed by atoms with Gasteiger partial charge in [-0.1, -0.05) is 68.5 Å². The van der Waals surface area contributed by atoms with Gasteiger partial charge in [-0.15, -0.1) is 0 Å². The number of ketones is 1. The molecule has 0 aliphatic heterocycles. The van der Waals surface area contributed by atoms with Crippen LogP contribution in [0.15, 0.2) is 65.8 Å². The van der Waals surface area contributed by atoms with Gasteiger partial charge in [0.05, 0.1) is 6.10 Å². The van der Waals surface area contributed by atoms with E-state index in [2.05, 4.69) is 89.3 Å². The molecule has 2 aromatic rings. The second-order valence-corrected chi connectivity index (χ2v) is 14.7. The summed E-state index contributed by atoms with van der Waals surface area (Å²) in [5.74, 6) is 0.978. The Morgan fingerprint density at radius 2 is 1.80 bits per heavy atom. The third-order valence-corrected chi connectivity index (χ3v) is 11.2. The number of rotatable bonds is 11. The van der Waals surface area contributed by atoms with Crippen molar-refractivity contribution in [3.05, 3.63) is 105 Å². The van der Waals surface area contributed by atoms with Gasteiger partial charge in [0.15, 0.2) is 0 Å². The fourth-order valence-corrected chi connectivity index (χ4v) is 8.45. The maximum Gasteiger partial charge on any atom is 0.140 e. The van der Waals surface area contributed by atoms with Crippen molar-refractivity contribution in [1.82, 2.24) is 0 Å². The van der Waals surface area contributed by atoms with Gasteiger partial charge in [0.1, 0.15) is 5.78 Å². The fraction of sp³-hybridized carbons (Fsp3) is 0.548. The summed E-state index contributed by atoms with van der Waals surface area (Å²) in [5, 5.41) is 11.3. The molecule has 2 heteroatoms. The number of aliphatic hydroxyl groups is 1. The Labute approximate surface area is 267 Å². The molecule has 3 aliphatic rings. The summed E-state index contributed by atoms with van der Waals surface area (Å²) in [6, 6.07) is 11.4. The van der Waals surface area contributed by atoms with Gasteiger partial charge in [-0.2, -0.15) is 0 Å². The molecule has 0 bridgehead atoms. The van der Waals surface area contributed by atoms with Gasteiger partial charge in [-0.3, -0.25) is 4.79 Å². The minimum absolute atomic E-state index is 0.188. The van der Waals surface area contributed by atoms with E-state index < -0.39 is 0 Å². The molecule has 2 unspecified atom stereocenters. The van der Waals surface area contributed by atoms with E-state index in [0.717, 1.165) is 77.0 Å². The molecule has 0 saturated heterocycles. The van der Waals surface area contributed by atoms with Crippen LogP contribution in [0.3, 0.4) is 0 Å². The summed E-state index contributed by atoms with van der Waals surface area (Å²) in [6.07, 6.45) is 23.0. The van der Waals surface area contributed by atoms with Crippen molar-refractivity contribution in [1.29, 1.82) is 0 Å². The van der Waals surface area contributed by atoms with Crippen LogP contribution >= 0.6 is 0 Å². The molecule has 0 heterocycles. The van der Waals surface area contributed by atoms with E-state index in [4.69, 9.17) is 0 Å². The normalized spacial score (nSPS) is 24.5. The van der Waals surface area contributed by atoms with Crippen molar-refractivity contribution >= 4 is 5.78 Å². The molecule has 0 aromatic heterocycles. The SMILES string of the molecule is CC=C(CC1(C)CCC(C(=O)Cc2ccc3c(c2)C(CC(O)Cc2c(C)cc(CC)cc2C)CCC3)CC1)C1=CC=CCC1. The molecular formula is C42H56O2. The lowest BCUT2D eigenvalue weighted by Crippen LogP contribution is -2.29. The average Bonchev–Trinajstić information content (AvgIpc) is 3.02. The van der Waals surface area contributed by atoms with Crippen LogP contribution in [0.4, 0.5) is 0 Å². The number of Topliss-reactive ketones (excluding diaryl/α,β-unsaturated/α-hetero) is 1. The van der Waals surface area contributed by atoms with E-state index >= 15 is 0 Å². The molecule has 2 atom stereocenters. The minimum atomic E-state index is -0.355. The van der Waals surface area contributed by atoms with Crippen LogP contribution in [-0.4, -0.2) is 17.0 Å². The molecule has 5 rings (SSSR count). The maximum atomic E-state index is 13.6. The van der Waals surface area contributed by atoms with Gasteiger partial charge in [0, 0.05) is 12.3 Å². The van der Waals surface area contributed by atoms with E-state index in [9.17, 15) is 9.90 Å². The van der Waals surface area contributed by atoms with Crippen LogP contribution in [0.5, 0.6) is 0 Å². The highest BCUT2D eigenvalue weighted by Gasteiger charge is 2.35. The van der Waals surface area contributed by atoms with E-state index in [1.165, 1.54) is 56.5 Å². The van der Waals surface area contributed by atoms with E-state index in [-0.39, 0.29) is 17.4 Å². The predicted octanol–water partition coefficient (Wildman–Crippen LogP) is 10.2. The summed E-state index contributed by atoms with van der Waals surface area (Å²) >= 11 is 0. The van der Waals surface area contributed by atoms with Crippen molar-refractivity contribution < 1.29 is 9.90 Å². The third kappa shape index (κ3) is 7.92. The van der Waals surface area contributed by atoms with Crippen molar-refractivity contribution in [3.8, 4) is 0 Å². The topological polar surface area (TPSA) is 37.3 Å². The maximum absolute atomic E-state index is 13.6. The first kappa shape index (κ1) is 32.7. The van der Waals surface area contributed by atoms with Crippen molar-refractivity contribution in [3.63, 3.8) is 0 Å².